The molecule has 0 aliphatic carbocycles. The Balaban J connectivity index is 1.62. The quantitative estimate of drug-likeness (QED) is 0.522. The molecule has 19 heavy (non-hydrogen) atoms. The van der Waals surface area contributed by atoms with Gasteiger partial charge in [-0.05, 0) is 12.8 Å². The molecule has 2 saturated heterocycles. The van der Waals surface area contributed by atoms with E-state index in [0.29, 0.717) is 25.4 Å². The van der Waals surface area contributed by atoms with Gasteiger partial charge in [0.15, 0.2) is 0 Å². The monoisotopic (exact) mass is 269 g/mol. The van der Waals surface area contributed by atoms with E-state index in [0.717, 1.165) is 38.1 Å². The van der Waals surface area contributed by atoms with Crippen LogP contribution in [0.4, 0.5) is 0 Å². The maximum absolute atomic E-state index is 11.3. The summed E-state index contributed by atoms with van der Waals surface area (Å²) < 4.78 is 15.1. The highest BCUT2D eigenvalue weighted by Gasteiger charge is 2.33. The molecule has 2 bridgehead atoms. The molecule has 0 saturated carbocycles. The zero-order chi connectivity index (χ0) is 13.7. The number of hydrogen-bond acceptors (Lipinski definition) is 6. The molecule has 0 radical (unpaired) electrons. The fourth-order valence-corrected chi connectivity index (χ4v) is 2.41. The summed E-state index contributed by atoms with van der Waals surface area (Å²) in [4.78, 5) is 24.3. The van der Waals surface area contributed by atoms with Crippen LogP contribution in [-0.4, -0.2) is 62.4 Å². The van der Waals surface area contributed by atoms with Gasteiger partial charge in [-0.25, -0.2) is 9.59 Å². The van der Waals surface area contributed by atoms with E-state index in [1.165, 1.54) is 7.11 Å². The first-order valence-corrected chi connectivity index (χ1v) is 6.48. The summed E-state index contributed by atoms with van der Waals surface area (Å²) in [7, 11) is 1.25. The van der Waals surface area contributed by atoms with Crippen LogP contribution in [0.1, 0.15) is 12.8 Å². The predicted octanol–water partition coefficient (Wildman–Crippen LogP) is 0.122. The van der Waals surface area contributed by atoms with Gasteiger partial charge < -0.3 is 14.2 Å². The lowest BCUT2D eigenvalue weighted by Crippen LogP contribution is -2.44. The van der Waals surface area contributed by atoms with Crippen LogP contribution in [0.5, 0.6) is 0 Å². The largest absolute Gasteiger partial charge is 0.466 e. The normalized spacial score (nSPS) is 26.6. The summed E-state index contributed by atoms with van der Waals surface area (Å²) in [6, 6.07) is 0. The zero-order valence-electron chi connectivity index (χ0n) is 11.0. The van der Waals surface area contributed by atoms with E-state index < -0.39 is 11.9 Å². The third kappa shape index (κ3) is 4.33. The molecule has 6 heteroatoms. The van der Waals surface area contributed by atoms with Gasteiger partial charge in [-0.3, -0.25) is 4.90 Å². The van der Waals surface area contributed by atoms with Crippen molar-refractivity contribution in [3.63, 3.8) is 0 Å². The Morgan fingerprint density at radius 1 is 1.21 bits per heavy atom. The second kappa shape index (κ2) is 6.68. The third-order valence-corrected chi connectivity index (χ3v) is 3.33. The number of morpholine rings is 1. The van der Waals surface area contributed by atoms with Crippen molar-refractivity contribution in [3.05, 3.63) is 12.2 Å². The van der Waals surface area contributed by atoms with Gasteiger partial charge in [0, 0.05) is 31.8 Å². The van der Waals surface area contributed by atoms with E-state index in [9.17, 15) is 9.59 Å². The Morgan fingerprint density at radius 2 is 1.84 bits per heavy atom. The maximum Gasteiger partial charge on any atom is 0.331 e. The topological polar surface area (TPSA) is 65.1 Å². The van der Waals surface area contributed by atoms with Gasteiger partial charge in [-0.15, -0.1) is 0 Å². The molecule has 2 rings (SSSR count). The van der Waals surface area contributed by atoms with E-state index in [1.807, 2.05) is 0 Å². The summed E-state index contributed by atoms with van der Waals surface area (Å²) in [5, 5.41) is 0. The molecule has 0 amide bonds. The number of nitrogens with zero attached hydrogens (tertiary/aromatic N) is 1. The van der Waals surface area contributed by atoms with Crippen LogP contribution in [0.15, 0.2) is 12.2 Å². The number of fused-ring (bicyclic) bond motifs is 2. The lowest BCUT2D eigenvalue weighted by Gasteiger charge is -2.31. The molecule has 2 atom stereocenters. The molecule has 2 heterocycles. The first-order valence-electron chi connectivity index (χ1n) is 6.48. The molecule has 106 valence electrons. The summed E-state index contributed by atoms with van der Waals surface area (Å²) >= 11 is 0. The van der Waals surface area contributed by atoms with Crippen LogP contribution < -0.4 is 0 Å². The van der Waals surface area contributed by atoms with Crippen LogP contribution >= 0.6 is 0 Å². The Morgan fingerprint density at radius 3 is 2.47 bits per heavy atom. The van der Waals surface area contributed by atoms with Crippen LogP contribution in [-0.2, 0) is 23.8 Å². The highest BCUT2D eigenvalue weighted by atomic mass is 16.5. The smallest absolute Gasteiger partial charge is 0.331 e. The van der Waals surface area contributed by atoms with Crippen molar-refractivity contribution in [3.8, 4) is 0 Å². The number of carbonyl (C=O) groups is 2. The van der Waals surface area contributed by atoms with Crippen molar-refractivity contribution < 1.29 is 23.8 Å². The van der Waals surface area contributed by atoms with E-state index in [-0.39, 0.29) is 0 Å². The van der Waals surface area contributed by atoms with Crippen molar-refractivity contribution in [1.29, 1.82) is 0 Å². The van der Waals surface area contributed by atoms with Crippen LogP contribution in [0, 0.1) is 0 Å². The van der Waals surface area contributed by atoms with Crippen molar-refractivity contribution in [2.45, 2.75) is 25.0 Å². The van der Waals surface area contributed by atoms with Crippen molar-refractivity contribution in [1.82, 2.24) is 4.90 Å². The number of methoxy groups -OCH3 is 1. The van der Waals surface area contributed by atoms with Gasteiger partial charge in [0.05, 0.1) is 19.3 Å². The number of rotatable bonds is 5. The van der Waals surface area contributed by atoms with Gasteiger partial charge in [0.1, 0.15) is 6.61 Å². The Labute approximate surface area is 112 Å². The van der Waals surface area contributed by atoms with Crippen molar-refractivity contribution in [2.75, 3.05) is 33.4 Å². The lowest BCUT2D eigenvalue weighted by atomic mass is 10.2. The van der Waals surface area contributed by atoms with Gasteiger partial charge >= 0.3 is 11.9 Å². The lowest BCUT2D eigenvalue weighted by molar-refractivity contribution is -0.140. The number of hydrogen-bond donors (Lipinski definition) is 0. The highest BCUT2D eigenvalue weighted by Crippen LogP contribution is 2.25. The number of likely N-dealkylation sites (tertiary alicyclic amines) is 1. The predicted molar refractivity (Wildman–Crippen MR) is 66.5 cm³/mol. The summed E-state index contributed by atoms with van der Waals surface area (Å²) in [6.45, 7) is 2.84. The van der Waals surface area contributed by atoms with Crippen LogP contribution in [0.2, 0.25) is 0 Å². The summed E-state index contributed by atoms with van der Waals surface area (Å²) in [6.07, 6.45) is 5.07. The van der Waals surface area contributed by atoms with Gasteiger partial charge in [-0.2, -0.15) is 0 Å². The second-order valence-corrected chi connectivity index (χ2v) is 4.74. The fraction of sp³-hybridized carbons (Fsp3) is 0.692. The molecule has 0 aromatic rings. The molecule has 0 aromatic carbocycles. The average Bonchev–Trinajstić information content (AvgIpc) is 2.75. The summed E-state index contributed by atoms with van der Waals surface area (Å²) in [5.41, 5.74) is 0. The zero-order valence-corrected chi connectivity index (χ0v) is 11.0. The first-order chi connectivity index (χ1) is 9.17. The third-order valence-electron chi connectivity index (χ3n) is 3.33. The molecule has 0 aromatic heterocycles. The Kier molecular flexibility index (Phi) is 4.93. The molecule has 6 nitrogen and oxygen atoms in total. The van der Waals surface area contributed by atoms with Crippen molar-refractivity contribution in [2.24, 2.45) is 0 Å². The minimum absolute atomic E-state index is 0.323. The summed E-state index contributed by atoms with van der Waals surface area (Å²) in [5.74, 6) is -1.09. The van der Waals surface area contributed by atoms with Crippen LogP contribution in [0.25, 0.3) is 0 Å². The van der Waals surface area contributed by atoms with Gasteiger partial charge in [0.2, 0.25) is 0 Å². The minimum Gasteiger partial charge on any atom is -0.466 e. The average molecular weight is 269 g/mol. The van der Waals surface area contributed by atoms with E-state index >= 15 is 0 Å². The SMILES string of the molecule is COC(=O)C=CC(=O)OCCN1CC2CCC(C1)O2. The molecule has 0 spiro atoms. The standard InChI is InChI=1S/C13H19NO5/c1-17-12(15)4-5-13(16)18-7-6-14-8-10-2-3-11(9-14)19-10/h4-5,10-11H,2-3,6-9H2,1H3. The number of carbonyl (C=O) groups excluding carboxylic acids is 2. The molecular weight excluding hydrogens is 250 g/mol. The van der Waals surface area contributed by atoms with Gasteiger partial charge in [-0.1, -0.05) is 0 Å². The molecule has 2 aliphatic heterocycles. The van der Waals surface area contributed by atoms with Crippen molar-refractivity contribution >= 4 is 11.9 Å². The maximum atomic E-state index is 11.3. The van der Waals surface area contributed by atoms with Crippen LogP contribution in [0.3, 0.4) is 0 Å². The minimum atomic E-state index is -0.568. The molecule has 0 N–H and O–H groups in total. The number of esters is 2. The van der Waals surface area contributed by atoms with E-state index in [4.69, 9.17) is 9.47 Å². The fourth-order valence-electron chi connectivity index (χ4n) is 2.41. The Hall–Kier alpha value is -1.40. The highest BCUT2D eigenvalue weighted by molar-refractivity contribution is 5.91. The van der Waals surface area contributed by atoms with Gasteiger partial charge in [0.25, 0.3) is 0 Å². The van der Waals surface area contributed by atoms with E-state index in [1.54, 1.807) is 0 Å². The molecular formula is C13H19NO5. The Bertz CT molecular complexity index is 356. The molecule has 2 aliphatic rings. The molecule has 2 unspecified atom stereocenters. The second-order valence-electron chi connectivity index (χ2n) is 4.74. The molecule has 2 fully saturated rings. The number of ether oxygens (including phenoxy) is 3. The van der Waals surface area contributed by atoms with E-state index in [2.05, 4.69) is 9.64 Å². The first kappa shape index (κ1) is 14.0.